The van der Waals surface area contributed by atoms with E-state index in [1.807, 2.05) is 0 Å². The number of hydrogen-bond donors (Lipinski definition) is 1. The summed E-state index contributed by atoms with van der Waals surface area (Å²) in [5.74, 6) is 0.985. The third kappa shape index (κ3) is 2.70. The molecule has 1 fully saturated rings. The number of hydrogen-bond acceptors (Lipinski definition) is 2. The lowest BCUT2D eigenvalue weighted by Gasteiger charge is -2.30. The lowest BCUT2D eigenvalue weighted by atomic mass is 9.94. The van der Waals surface area contributed by atoms with E-state index in [0.717, 1.165) is 19.0 Å². The highest BCUT2D eigenvalue weighted by Gasteiger charge is 2.25. The van der Waals surface area contributed by atoms with Crippen molar-refractivity contribution in [1.29, 1.82) is 0 Å². The summed E-state index contributed by atoms with van der Waals surface area (Å²) < 4.78 is 0. The Morgan fingerprint density at radius 3 is 2.88 bits per heavy atom. The van der Waals surface area contributed by atoms with Gasteiger partial charge in [0.25, 0.3) is 0 Å². The lowest BCUT2D eigenvalue weighted by Crippen LogP contribution is -2.38. The highest BCUT2D eigenvalue weighted by molar-refractivity contribution is 5.32. The van der Waals surface area contributed by atoms with Gasteiger partial charge in [0.15, 0.2) is 0 Å². The van der Waals surface area contributed by atoms with Crippen LogP contribution in [0.15, 0.2) is 24.3 Å². The minimum Gasteiger partial charge on any atom is -0.309 e. The molecule has 1 saturated carbocycles. The Morgan fingerprint density at radius 1 is 1.24 bits per heavy atom. The number of likely N-dealkylation sites (N-methyl/N-ethyl adjacent to an activating group) is 1. The normalized spacial score (nSPS) is 23.8. The fourth-order valence-corrected chi connectivity index (χ4v) is 2.88. The standard InChI is InChI=1S/C15H22N2/c1-17(10-12-6-7-12)11-15-14-5-3-2-4-13(14)8-9-16-15/h2-5,12,15-16H,6-11H2,1H3/t15-/m0/s1. The highest BCUT2D eigenvalue weighted by Crippen LogP contribution is 2.30. The van der Waals surface area contributed by atoms with E-state index in [4.69, 9.17) is 0 Å². The van der Waals surface area contributed by atoms with Gasteiger partial charge in [0.05, 0.1) is 0 Å². The zero-order valence-electron chi connectivity index (χ0n) is 10.7. The summed E-state index contributed by atoms with van der Waals surface area (Å²) in [7, 11) is 2.26. The molecule has 1 heterocycles. The van der Waals surface area contributed by atoms with Crippen LogP contribution < -0.4 is 5.32 Å². The molecule has 2 heteroatoms. The summed E-state index contributed by atoms with van der Waals surface area (Å²) in [6.07, 6.45) is 4.07. The van der Waals surface area contributed by atoms with E-state index in [1.54, 1.807) is 0 Å². The molecular formula is C15H22N2. The predicted molar refractivity (Wildman–Crippen MR) is 71.1 cm³/mol. The summed E-state index contributed by atoms with van der Waals surface area (Å²) in [6.45, 7) is 3.55. The number of fused-ring (bicyclic) bond motifs is 1. The Bertz CT molecular complexity index is 384. The van der Waals surface area contributed by atoms with Gasteiger partial charge < -0.3 is 10.2 Å². The van der Waals surface area contributed by atoms with Crippen LogP contribution in [0.4, 0.5) is 0 Å². The van der Waals surface area contributed by atoms with Crippen LogP contribution in [0, 0.1) is 5.92 Å². The van der Waals surface area contributed by atoms with Crippen LogP contribution in [0.3, 0.4) is 0 Å². The minimum absolute atomic E-state index is 0.531. The van der Waals surface area contributed by atoms with E-state index in [9.17, 15) is 0 Å². The van der Waals surface area contributed by atoms with E-state index in [0.29, 0.717) is 6.04 Å². The SMILES string of the molecule is CN(CC1CC1)C[C@@H]1NCCc2ccccc21. The van der Waals surface area contributed by atoms with Gasteiger partial charge in [-0.1, -0.05) is 24.3 Å². The minimum atomic E-state index is 0.531. The average Bonchev–Trinajstić information content (AvgIpc) is 3.13. The Kier molecular flexibility index (Phi) is 3.17. The van der Waals surface area contributed by atoms with Crippen LogP contribution in [0.2, 0.25) is 0 Å². The van der Waals surface area contributed by atoms with Gasteiger partial charge in [-0.3, -0.25) is 0 Å². The van der Waals surface area contributed by atoms with Crippen LogP contribution in [0.1, 0.15) is 30.0 Å². The molecule has 92 valence electrons. The van der Waals surface area contributed by atoms with E-state index >= 15 is 0 Å². The van der Waals surface area contributed by atoms with Crippen molar-refractivity contribution in [2.45, 2.75) is 25.3 Å². The maximum Gasteiger partial charge on any atom is 0.0452 e. The first-order valence-corrected chi connectivity index (χ1v) is 6.82. The summed E-state index contributed by atoms with van der Waals surface area (Å²) in [5, 5.41) is 3.66. The van der Waals surface area contributed by atoms with Gasteiger partial charge >= 0.3 is 0 Å². The van der Waals surface area contributed by atoms with Crippen molar-refractivity contribution >= 4 is 0 Å². The van der Waals surface area contributed by atoms with E-state index < -0.39 is 0 Å². The van der Waals surface area contributed by atoms with E-state index in [2.05, 4.69) is 41.5 Å². The molecule has 0 aromatic heterocycles. The molecule has 2 nitrogen and oxygen atoms in total. The molecule has 0 bridgehead atoms. The third-order valence-electron chi connectivity index (χ3n) is 3.98. The van der Waals surface area contributed by atoms with E-state index in [-0.39, 0.29) is 0 Å². The smallest absolute Gasteiger partial charge is 0.0452 e. The molecule has 0 radical (unpaired) electrons. The van der Waals surface area contributed by atoms with Gasteiger partial charge in [0, 0.05) is 19.1 Å². The summed E-state index contributed by atoms with van der Waals surface area (Å²) in [6, 6.07) is 9.43. The van der Waals surface area contributed by atoms with Crippen LogP contribution in [-0.4, -0.2) is 31.6 Å². The molecule has 0 unspecified atom stereocenters. The summed E-state index contributed by atoms with van der Waals surface area (Å²) in [5.41, 5.74) is 3.05. The lowest BCUT2D eigenvalue weighted by molar-refractivity contribution is 0.276. The van der Waals surface area contributed by atoms with E-state index in [1.165, 1.54) is 36.9 Å². The Labute approximate surface area is 104 Å². The first kappa shape index (κ1) is 11.2. The Balaban J connectivity index is 1.67. The van der Waals surface area contributed by atoms with Crippen molar-refractivity contribution in [3.05, 3.63) is 35.4 Å². The van der Waals surface area contributed by atoms with Crippen molar-refractivity contribution in [2.75, 3.05) is 26.7 Å². The van der Waals surface area contributed by atoms with Gasteiger partial charge in [-0.15, -0.1) is 0 Å². The van der Waals surface area contributed by atoms with Crippen molar-refractivity contribution in [1.82, 2.24) is 10.2 Å². The molecule has 17 heavy (non-hydrogen) atoms. The molecule has 0 saturated heterocycles. The van der Waals surface area contributed by atoms with Crippen LogP contribution in [-0.2, 0) is 6.42 Å². The third-order valence-corrected chi connectivity index (χ3v) is 3.98. The second-order valence-corrected chi connectivity index (χ2v) is 5.62. The summed E-state index contributed by atoms with van der Waals surface area (Å²) in [4.78, 5) is 2.50. The zero-order valence-corrected chi connectivity index (χ0v) is 10.7. The fraction of sp³-hybridized carbons (Fsp3) is 0.600. The van der Waals surface area contributed by atoms with Gasteiger partial charge in [0.2, 0.25) is 0 Å². The quantitative estimate of drug-likeness (QED) is 0.853. The Hall–Kier alpha value is -0.860. The molecule has 3 rings (SSSR count). The van der Waals surface area contributed by atoms with Gasteiger partial charge in [-0.2, -0.15) is 0 Å². The molecule has 0 spiro atoms. The largest absolute Gasteiger partial charge is 0.309 e. The monoisotopic (exact) mass is 230 g/mol. The van der Waals surface area contributed by atoms with Gasteiger partial charge in [-0.05, 0) is 49.9 Å². The molecule has 1 N–H and O–H groups in total. The van der Waals surface area contributed by atoms with Crippen molar-refractivity contribution in [3.63, 3.8) is 0 Å². The molecule has 1 aliphatic carbocycles. The molecule has 1 atom stereocenters. The van der Waals surface area contributed by atoms with Crippen LogP contribution in [0.5, 0.6) is 0 Å². The molecule has 1 aromatic rings. The Morgan fingerprint density at radius 2 is 2.06 bits per heavy atom. The van der Waals surface area contributed by atoms with Crippen molar-refractivity contribution < 1.29 is 0 Å². The second-order valence-electron chi connectivity index (χ2n) is 5.62. The van der Waals surface area contributed by atoms with Crippen molar-refractivity contribution in [3.8, 4) is 0 Å². The van der Waals surface area contributed by atoms with Gasteiger partial charge in [-0.25, -0.2) is 0 Å². The molecule has 1 aliphatic heterocycles. The average molecular weight is 230 g/mol. The van der Waals surface area contributed by atoms with Crippen LogP contribution >= 0.6 is 0 Å². The molecule has 1 aromatic carbocycles. The first-order chi connectivity index (χ1) is 8.33. The zero-order chi connectivity index (χ0) is 11.7. The maximum atomic E-state index is 3.66. The summed E-state index contributed by atoms with van der Waals surface area (Å²) >= 11 is 0. The van der Waals surface area contributed by atoms with Crippen molar-refractivity contribution in [2.24, 2.45) is 5.92 Å². The topological polar surface area (TPSA) is 15.3 Å². The fourth-order valence-electron chi connectivity index (χ4n) is 2.88. The maximum absolute atomic E-state index is 3.66. The molecule has 2 aliphatic rings. The molecular weight excluding hydrogens is 208 g/mol. The number of rotatable bonds is 4. The first-order valence-electron chi connectivity index (χ1n) is 6.82. The van der Waals surface area contributed by atoms with Gasteiger partial charge in [0.1, 0.15) is 0 Å². The number of benzene rings is 1. The number of nitrogens with one attached hydrogen (secondary N) is 1. The molecule has 0 amide bonds. The predicted octanol–water partition coefficient (Wildman–Crippen LogP) is 2.22. The number of nitrogens with zero attached hydrogens (tertiary/aromatic N) is 1. The second kappa shape index (κ2) is 4.79. The van der Waals surface area contributed by atoms with Crippen LogP contribution in [0.25, 0.3) is 0 Å². The highest BCUT2D eigenvalue weighted by atomic mass is 15.1.